The number of nitrogens with one attached hydrogen (secondary N) is 2. The molecule has 2 heterocycles. The number of ether oxygens (including phenoxy) is 1. The lowest BCUT2D eigenvalue weighted by atomic mass is 10.1. The minimum absolute atomic E-state index is 0.0111. The van der Waals surface area contributed by atoms with Crippen LogP contribution in [-0.4, -0.2) is 36.2 Å². The van der Waals surface area contributed by atoms with Crippen LogP contribution in [0, 0.1) is 6.92 Å². The first-order valence-corrected chi connectivity index (χ1v) is 10.6. The number of aryl methyl sites for hydroxylation is 1. The Hall–Kier alpha value is -4.31. The van der Waals surface area contributed by atoms with Gasteiger partial charge in [-0.25, -0.2) is 9.69 Å². The highest BCUT2D eigenvalue weighted by atomic mass is 32.1. The maximum atomic E-state index is 12.9. The Morgan fingerprint density at radius 3 is 2.42 bits per heavy atom. The molecule has 9 nitrogen and oxygen atoms in total. The Morgan fingerprint density at radius 1 is 0.939 bits per heavy atom. The molecule has 0 spiro atoms. The number of amides is 4. The second-order valence-electron chi connectivity index (χ2n) is 7.05. The molecule has 166 valence electrons. The number of imide groups is 1. The minimum Gasteiger partial charge on any atom is -0.452 e. The molecule has 0 aliphatic carbocycles. The molecule has 10 heteroatoms. The van der Waals surface area contributed by atoms with Gasteiger partial charge >= 0.3 is 5.97 Å². The minimum atomic E-state index is -0.855. The number of para-hydroxylation sites is 1. The van der Waals surface area contributed by atoms with Crippen molar-refractivity contribution >= 4 is 46.6 Å². The molecule has 0 bridgehead atoms. The first kappa shape index (κ1) is 21.9. The zero-order valence-corrected chi connectivity index (χ0v) is 18.1. The van der Waals surface area contributed by atoms with E-state index in [9.17, 15) is 24.0 Å². The summed E-state index contributed by atoms with van der Waals surface area (Å²) in [6, 6.07) is 14.3. The van der Waals surface area contributed by atoms with Gasteiger partial charge in [0, 0.05) is 0 Å². The van der Waals surface area contributed by atoms with Crippen molar-refractivity contribution in [1.29, 1.82) is 0 Å². The van der Waals surface area contributed by atoms with E-state index >= 15 is 0 Å². The largest absolute Gasteiger partial charge is 0.452 e. The standard InChI is InChI=1S/C23H17N3O6S/c1-13-5-2-3-6-17(13)26-21(29)15-9-8-14(11-16(15)22(26)30)23(31)32-12-19(27)24-25-20(28)18-7-4-10-33-18/h2-11H,12H2,1H3,(H,24,27)(H,25,28). The molecule has 1 aromatic heterocycles. The van der Waals surface area contributed by atoms with Gasteiger partial charge in [0.05, 0.1) is 27.3 Å². The lowest BCUT2D eigenvalue weighted by Crippen LogP contribution is -2.43. The maximum Gasteiger partial charge on any atom is 0.338 e. The number of rotatable bonds is 5. The molecule has 0 radical (unpaired) electrons. The van der Waals surface area contributed by atoms with Gasteiger partial charge in [-0.2, -0.15) is 0 Å². The molecule has 1 aliphatic rings. The van der Waals surface area contributed by atoms with E-state index in [0.29, 0.717) is 10.6 Å². The summed E-state index contributed by atoms with van der Waals surface area (Å²) >= 11 is 1.20. The van der Waals surface area contributed by atoms with Crippen LogP contribution in [0.5, 0.6) is 0 Å². The Kier molecular flexibility index (Phi) is 6.01. The summed E-state index contributed by atoms with van der Waals surface area (Å²) in [7, 11) is 0. The number of fused-ring (bicyclic) bond motifs is 1. The van der Waals surface area contributed by atoms with Gasteiger partial charge in [0.1, 0.15) is 0 Å². The van der Waals surface area contributed by atoms with E-state index in [0.717, 1.165) is 10.5 Å². The van der Waals surface area contributed by atoms with Crippen molar-refractivity contribution in [2.45, 2.75) is 6.92 Å². The lowest BCUT2D eigenvalue weighted by Gasteiger charge is -2.16. The van der Waals surface area contributed by atoms with Crippen molar-refractivity contribution in [3.8, 4) is 0 Å². The van der Waals surface area contributed by atoms with Crippen LogP contribution in [-0.2, 0) is 9.53 Å². The van der Waals surface area contributed by atoms with Gasteiger partial charge in [-0.3, -0.25) is 30.0 Å². The number of carbonyl (C=O) groups is 5. The van der Waals surface area contributed by atoms with Crippen molar-refractivity contribution in [1.82, 2.24) is 10.9 Å². The summed E-state index contributed by atoms with van der Waals surface area (Å²) in [6.45, 7) is 1.14. The first-order valence-electron chi connectivity index (χ1n) is 9.75. The van der Waals surface area contributed by atoms with Crippen LogP contribution in [0.1, 0.15) is 46.3 Å². The van der Waals surface area contributed by atoms with E-state index in [1.165, 1.54) is 29.5 Å². The highest BCUT2D eigenvalue weighted by Crippen LogP contribution is 2.31. The molecule has 2 aromatic carbocycles. The number of carbonyl (C=O) groups excluding carboxylic acids is 5. The Labute approximate surface area is 191 Å². The average molecular weight is 463 g/mol. The van der Waals surface area contributed by atoms with E-state index in [1.54, 1.807) is 48.7 Å². The molecule has 0 atom stereocenters. The van der Waals surface area contributed by atoms with Gasteiger partial charge in [0.2, 0.25) is 0 Å². The molecule has 0 unspecified atom stereocenters. The van der Waals surface area contributed by atoms with Crippen molar-refractivity contribution in [3.05, 3.63) is 87.1 Å². The Bertz CT molecular complexity index is 1290. The maximum absolute atomic E-state index is 12.9. The van der Waals surface area contributed by atoms with Gasteiger partial charge in [-0.05, 0) is 48.2 Å². The van der Waals surface area contributed by atoms with Crippen molar-refractivity contribution in [2.75, 3.05) is 11.5 Å². The predicted octanol–water partition coefficient (Wildman–Crippen LogP) is 2.48. The molecule has 33 heavy (non-hydrogen) atoms. The summed E-state index contributed by atoms with van der Waals surface area (Å²) in [5.74, 6) is -3.12. The number of benzene rings is 2. The van der Waals surface area contributed by atoms with Crippen LogP contribution in [0.3, 0.4) is 0 Å². The third-order valence-electron chi connectivity index (χ3n) is 4.87. The first-order chi connectivity index (χ1) is 15.9. The van der Waals surface area contributed by atoms with E-state index in [4.69, 9.17) is 4.74 Å². The van der Waals surface area contributed by atoms with Gasteiger partial charge < -0.3 is 4.74 Å². The van der Waals surface area contributed by atoms with Crippen LogP contribution in [0.2, 0.25) is 0 Å². The molecule has 4 amide bonds. The van der Waals surface area contributed by atoms with Crippen LogP contribution in [0.25, 0.3) is 0 Å². The molecular formula is C23H17N3O6S. The van der Waals surface area contributed by atoms with E-state index in [1.807, 2.05) is 0 Å². The van der Waals surface area contributed by atoms with Gasteiger partial charge in [0.15, 0.2) is 6.61 Å². The molecule has 2 N–H and O–H groups in total. The SMILES string of the molecule is Cc1ccccc1N1C(=O)c2ccc(C(=O)OCC(=O)NNC(=O)c3cccs3)cc2C1=O. The van der Waals surface area contributed by atoms with Crippen LogP contribution < -0.4 is 15.8 Å². The van der Waals surface area contributed by atoms with Gasteiger partial charge in [-0.1, -0.05) is 24.3 Å². The molecule has 3 aromatic rings. The fourth-order valence-electron chi connectivity index (χ4n) is 3.25. The monoisotopic (exact) mass is 463 g/mol. The number of nitrogens with zero attached hydrogens (tertiary/aromatic N) is 1. The third-order valence-corrected chi connectivity index (χ3v) is 5.74. The highest BCUT2D eigenvalue weighted by Gasteiger charge is 2.37. The molecule has 1 aliphatic heterocycles. The topological polar surface area (TPSA) is 122 Å². The van der Waals surface area contributed by atoms with Crippen LogP contribution >= 0.6 is 11.3 Å². The van der Waals surface area contributed by atoms with Crippen molar-refractivity contribution < 1.29 is 28.7 Å². The molecule has 0 fully saturated rings. The van der Waals surface area contributed by atoms with E-state index < -0.39 is 36.2 Å². The third kappa shape index (κ3) is 4.37. The zero-order chi connectivity index (χ0) is 23.5. The fraction of sp³-hybridized carbons (Fsp3) is 0.0870. The number of anilines is 1. The number of thiophene rings is 1. The zero-order valence-electron chi connectivity index (χ0n) is 17.3. The number of esters is 1. The predicted molar refractivity (Wildman–Crippen MR) is 119 cm³/mol. The number of hydrogen-bond donors (Lipinski definition) is 2. The number of hydrogen-bond acceptors (Lipinski definition) is 7. The smallest absolute Gasteiger partial charge is 0.338 e. The van der Waals surface area contributed by atoms with Gasteiger partial charge in [0.25, 0.3) is 23.6 Å². The van der Waals surface area contributed by atoms with Crippen LogP contribution in [0.4, 0.5) is 5.69 Å². The van der Waals surface area contributed by atoms with Crippen LogP contribution in [0.15, 0.2) is 60.0 Å². The number of hydrazine groups is 1. The lowest BCUT2D eigenvalue weighted by molar-refractivity contribution is -0.125. The van der Waals surface area contributed by atoms with Crippen molar-refractivity contribution in [3.63, 3.8) is 0 Å². The average Bonchev–Trinajstić information content (AvgIpc) is 3.44. The van der Waals surface area contributed by atoms with Gasteiger partial charge in [-0.15, -0.1) is 11.3 Å². The summed E-state index contributed by atoms with van der Waals surface area (Å²) < 4.78 is 4.96. The molecule has 4 rings (SSSR count). The summed E-state index contributed by atoms with van der Waals surface area (Å²) in [4.78, 5) is 63.2. The summed E-state index contributed by atoms with van der Waals surface area (Å²) in [5.41, 5.74) is 5.84. The summed E-state index contributed by atoms with van der Waals surface area (Å²) in [6.07, 6.45) is 0. The summed E-state index contributed by atoms with van der Waals surface area (Å²) in [5, 5.41) is 1.72. The normalized spacial score (nSPS) is 12.3. The second kappa shape index (κ2) is 9.05. The molecular weight excluding hydrogens is 446 g/mol. The highest BCUT2D eigenvalue weighted by molar-refractivity contribution is 7.12. The van der Waals surface area contributed by atoms with E-state index in [2.05, 4.69) is 10.9 Å². The van der Waals surface area contributed by atoms with Crippen molar-refractivity contribution in [2.24, 2.45) is 0 Å². The Morgan fingerprint density at radius 2 is 1.70 bits per heavy atom. The quantitative estimate of drug-likeness (QED) is 0.341. The Balaban J connectivity index is 1.39. The molecule has 0 saturated heterocycles. The van der Waals surface area contributed by atoms with E-state index in [-0.39, 0.29) is 16.7 Å². The molecule has 0 saturated carbocycles. The fourth-order valence-corrected chi connectivity index (χ4v) is 3.87. The second-order valence-corrected chi connectivity index (χ2v) is 8.00.